The maximum Gasteiger partial charge on any atom is 0.131 e. The number of aryl methyl sites for hydroxylation is 2. The predicted octanol–water partition coefficient (Wildman–Crippen LogP) is 3.18. The van der Waals surface area contributed by atoms with Crippen LogP contribution in [-0.2, 0) is 6.42 Å². The Kier molecular flexibility index (Phi) is 5.06. The van der Waals surface area contributed by atoms with Gasteiger partial charge in [0, 0.05) is 18.6 Å². The molecule has 0 spiro atoms. The van der Waals surface area contributed by atoms with E-state index in [2.05, 4.69) is 0 Å². The molecule has 0 bridgehead atoms. The predicted molar refractivity (Wildman–Crippen MR) is 91.8 cm³/mol. The SMILES string of the molecule is Cc1cc(O)cc(Oc2cc(C)c(C[C@@H](O)C(C)(C)O)c(O)c2)c1. The second-order valence-corrected chi connectivity index (χ2v) is 6.72. The monoisotopic (exact) mass is 332 g/mol. The average molecular weight is 332 g/mol. The third-order valence-corrected chi connectivity index (χ3v) is 3.91. The van der Waals surface area contributed by atoms with Crippen LogP contribution in [0.25, 0.3) is 0 Å². The van der Waals surface area contributed by atoms with Crippen LogP contribution in [0.1, 0.15) is 30.5 Å². The van der Waals surface area contributed by atoms with Crippen LogP contribution in [0.5, 0.6) is 23.0 Å². The van der Waals surface area contributed by atoms with Crippen molar-refractivity contribution in [1.82, 2.24) is 0 Å². The zero-order valence-electron chi connectivity index (χ0n) is 14.4. The smallest absolute Gasteiger partial charge is 0.131 e. The van der Waals surface area contributed by atoms with E-state index in [1.165, 1.54) is 26.0 Å². The van der Waals surface area contributed by atoms with Gasteiger partial charge in [-0.05, 0) is 62.6 Å². The Bertz CT molecular complexity index is 688. The van der Waals surface area contributed by atoms with Crippen LogP contribution in [0.15, 0.2) is 30.3 Å². The minimum Gasteiger partial charge on any atom is -0.508 e. The lowest BCUT2D eigenvalue weighted by Gasteiger charge is -2.25. The second kappa shape index (κ2) is 6.71. The van der Waals surface area contributed by atoms with Crippen molar-refractivity contribution in [3.63, 3.8) is 0 Å². The van der Waals surface area contributed by atoms with Crippen molar-refractivity contribution in [1.29, 1.82) is 0 Å². The molecule has 0 aromatic heterocycles. The molecule has 2 aromatic rings. The Morgan fingerprint density at radius 1 is 1.00 bits per heavy atom. The molecule has 4 N–H and O–H groups in total. The first-order valence-corrected chi connectivity index (χ1v) is 7.77. The second-order valence-electron chi connectivity index (χ2n) is 6.72. The number of phenolic OH excluding ortho intramolecular Hbond substituents is 2. The van der Waals surface area contributed by atoms with E-state index in [9.17, 15) is 20.4 Å². The minimum absolute atomic E-state index is 0.00910. The van der Waals surface area contributed by atoms with Gasteiger partial charge in [0.25, 0.3) is 0 Å². The molecule has 0 heterocycles. The molecule has 24 heavy (non-hydrogen) atoms. The summed E-state index contributed by atoms with van der Waals surface area (Å²) >= 11 is 0. The van der Waals surface area contributed by atoms with Crippen LogP contribution < -0.4 is 4.74 Å². The van der Waals surface area contributed by atoms with Crippen LogP contribution in [0.3, 0.4) is 0 Å². The van der Waals surface area contributed by atoms with Gasteiger partial charge >= 0.3 is 0 Å². The van der Waals surface area contributed by atoms with E-state index in [1.54, 1.807) is 25.1 Å². The Hall–Kier alpha value is -2.24. The molecule has 130 valence electrons. The highest BCUT2D eigenvalue weighted by molar-refractivity contribution is 5.48. The number of aliphatic hydroxyl groups is 2. The number of aliphatic hydroxyl groups excluding tert-OH is 1. The molecule has 0 aliphatic heterocycles. The van der Waals surface area contributed by atoms with Crippen molar-refractivity contribution < 1.29 is 25.2 Å². The summed E-state index contributed by atoms with van der Waals surface area (Å²) < 4.78 is 5.70. The zero-order chi connectivity index (χ0) is 18.1. The lowest BCUT2D eigenvalue weighted by atomic mass is 9.92. The van der Waals surface area contributed by atoms with Crippen LogP contribution in [-0.4, -0.2) is 32.1 Å². The molecular formula is C19H24O5. The Balaban J connectivity index is 2.26. The Morgan fingerprint density at radius 3 is 2.17 bits per heavy atom. The number of phenols is 2. The van der Waals surface area contributed by atoms with E-state index in [1.807, 2.05) is 6.92 Å². The molecule has 0 fully saturated rings. The fraction of sp³-hybridized carbons (Fsp3) is 0.368. The van der Waals surface area contributed by atoms with Crippen LogP contribution in [0.4, 0.5) is 0 Å². The van der Waals surface area contributed by atoms with E-state index in [4.69, 9.17) is 4.74 Å². The van der Waals surface area contributed by atoms with Crippen molar-refractivity contribution in [2.24, 2.45) is 0 Å². The fourth-order valence-corrected chi connectivity index (χ4v) is 2.46. The van der Waals surface area contributed by atoms with Gasteiger partial charge in [0.15, 0.2) is 0 Å². The Morgan fingerprint density at radius 2 is 1.62 bits per heavy atom. The van der Waals surface area contributed by atoms with Crippen LogP contribution in [0.2, 0.25) is 0 Å². The number of rotatable bonds is 5. The molecule has 0 radical (unpaired) electrons. The summed E-state index contributed by atoms with van der Waals surface area (Å²) in [6.45, 7) is 6.68. The molecule has 0 aliphatic carbocycles. The molecule has 5 heteroatoms. The van der Waals surface area contributed by atoms with Crippen molar-refractivity contribution in [3.05, 3.63) is 47.0 Å². The largest absolute Gasteiger partial charge is 0.508 e. The Labute approximate surface area is 141 Å². The topological polar surface area (TPSA) is 90.2 Å². The third-order valence-electron chi connectivity index (χ3n) is 3.91. The van der Waals surface area contributed by atoms with E-state index in [-0.39, 0.29) is 17.9 Å². The first-order chi connectivity index (χ1) is 11.1. The van der Waals surface area contributed by atoms with Gasteiger partial charge < -0.3 is 25.2 Å². The molecule has 0 unspecified atom stereocenters. The van der Waals surface area contributed by atoms with Gasteiger partial charge in [-0.3, -0.25) is 0 Å². The lowest BCUT2D eigenvalue weighted by molar-refractivity contribution is -0.0471. The first kappa shape index (κ1) is 18.1. The standard InChI is InChI=1S/C19H24O5/c1-11-5-13(20)8-14(6-11)24-15-7-12(2)16(17(21)9-15)10-18(22)19(3,4)23/h5-9,18,20-23H,10H2,1-4H3/t18-/m1/s1. The van der Waals surface area contributed by atoms with E-state index >= 15 is 0 Å². The normalized spacial score (nSPS) is 12.9. The summed E-state index contributed by atoms with van der Waals surface area (Å²) in [6, 6.07) is 8.09. The van der Waals surface area contributed by atoms with Gasteiger partial charge in [-0.25, -0.2) is 0 Å². The fourth-order valence-electron chi connectivity index (χ4n) is 2.46. The summed E-state index contributed by atoms with van der Waals surface area (Å²) in [5.74, 6) is 0.994. The highest BCUT2D eigenvalue weighted by atomic mass is 16.5. The molecular weight excluding hydrogens is 308 g/mol. The zero-order valence-corrected chi connectivity index (χ0v) is 14.4. The quantitative estimate of drug-likeness (QED) is 0.675. The molecule has 2 aromatic carbocycles. The molecule has 0 amide bonds. The summed E-state index contributed by atoms with van der Waals surface area (Å²) in [7, 11) is 0. The van der Waals surface area contributed by atoms with Crippen LogP contribution in [0, 0.1) is 13.8 Å². The molecule has 0 aliphatic rings. The number of hydrogen-bond donors (Lipinski definition) is 4. The number of hydrogen-bond acceptors (Lipinski definition) is 5. The third kappa shape index (κ3) is 4.40. The van der Waals surface area contributed by atoms with Gasteiger partial charge in [-0.2, -0.15) is 0 Å². The molecule has 0 saturated heterocycles. The van der Waals surface area contributed by atoms with Gasteiger partial charge in [0.2, 0.25) is 0 Å². The van der Waals surface area contributed by atoms with Crippen molar-refractivity contribution in [3.8, 4) is 23.0 Å². The van der Waals surface area contributed by atoms with E-state index in [0.29, 0.717) is 17.1 Å². The summed E-state index contributed by atoms with van der Waals surface area (Å²) in [5, 5.41) is 39.8. The maximum atomic E-state index is 10.3. The van der Waals surface area contributed by atoms with Crippen LogP contribution >= 0.6 is 0 Å². The summed E-state index contributed by atoms with van der Waals surface area (Å²) in [6.07, 6.45) is -0.866. The summed E-state index contributed by atoms with van der Waals surface area (Å²) in [5.41, 5.74) is 0.901. The maximum absolute atomic E-state index is 10.3. The summed E-state index contributed by atoms with van der Waals surface area (Å²) in [4.78, 5) is 0. The van der Waals surface area contributed by atoms with Crippen molar-refractivity contribution in [2.45, 2.75) is 45.8 Å². The molecule has 0 saturated carbocycles. The van der Waals surface area contributed by atoms with E-state index in [0.717, 1.165) is 11.1 Å². The number of aromatic hydroxyl groups is 2. The first-order valence-electron chi connectivity index (χ1n) is 7.77. The minimum atomic E-state index is -1.26. The van der Waals surface area contributed by atoms with E-state index < -0.39 is 11.7 Å². The van der Waals surface area contributed by atoms with Gasteiger partial charge in [-0.15, -0.1) is 0 Å². The molecule has 2 rings (SSSR count). The average Bonchev–Trinajstić information content (AvgIpc) is 2.40. The molecule has 5 nitrogen and oxygen atoms in total. The molecule has 1 atom stereocenters. The van der Waals surface area contributed by atoms with Crippen molar-refractivity contribution >= 4 is 0 Å². The number of benzene rings is 2. The van der Waals surface area contributed by atoms with Gasteiger partial charge in [0.05, 0.1) is 11.7 Å². The highest BCUT2D eigenvalue weighted by Gasteiger charge is 2.26. The number of ether oxygens (including phenoxy) is 1. The van der Waals surface area contributed by atoms with Crippen molar-refractivity contribution in [2.75, 3.05) is 0 Å². The van der Waals surface area contributed by atoms with Gasteiger partial charge in [-0.1, -0.05) is 0 Å². The lowest BCUT2D eigenvalue weighted by Crippen LogP contribution is -2.37. The van der Waals surface area contributed by atoms with Gasteiger partial charge in [0.1, 0.15) is 23.0 Å². The highest BCUT2D eigenvalue weighted by Crippen LogP contribution is 2.33.